The number of rotatable bonds is 5. The van der Waals surface area contributed by atoms with Gasteiger partial charge in [-0.2, -0.15) is 4.31 Å². The first-order valence-corrected chi connectivity index (χ1v) is 9.21. The standard InChI is InChI=1S/C14H19ClN2O4S/c1-22(19,20)17-9-7-16(8-10-17)14(18)6-11-21-13-5-3-2-4-12(13)15/h2-5H,6-11H2,1H3. The van der Waals surface area contributed by atoms with Crippen molar-refractivity contribution in [2.75, 3.05) is 39.0 Å². The maximum atomic E-state index is 12.1. The smallest absolute Gasteiger partial charge is 0.226 e. The lowest BCUT2D eigenvalue weighted by Crippen LogP contribution is -2.50. The predicted molar refractivity (Wildman–Crippen MR) is 84.6 cm³/mol. The van der Waals surface area contributed by atoms with E-state index in [1.54, 1.807) is 17.0 Å². The summed E-state index contributed by atoms with van der Waals surface area (Å²) in [4.78, 5) is 13.7. The zero-order chi connectivity index (χ0) is 16.2. The number of amides is 1. The Morgan fingerprint density at radius 2 is 1.86 bits per heavy atom. The van der Waals surface area contributed by atoms with Gasteiger partial charge in [0.2, 0.25) is 15.9 Å². The van der Waals surface area contributed by atoms with E-state index in [9.17, 15) is 13.2 Å². The van der Waals surface area contributed by atoms with Crippen molar-refractivity contribution in [3.05, 3.63) is 29.3 Å². The van der Waals surface area contributed by atoms with E-state index in [2.05, 4.69) is 0 Å². The largest absolute Gasteiger partial charge is 0.491 e. The Labute approximate surface area is 135 Å². The number of nitrogens with zero attached hydrogens (tertiary/aromatic N) is 2. The lowest BCUT2D eigenvalue weighted by molar-refractivity contribution is -0.132. The Hall–Kier alpha value is -1.31. The molecule has 0 unspecified atom stereocenters. The van der Waals surface area contributed by atoms with Crippen LogP contribution in [0, 0.1) is 0 Å². The summed E-state index contributed by atoms with van der Waals surface area (Å²) in [6, 6.07) is 7.09. The van der Waals surface area contributed by atoms with Crippen molar-refractivity contribution in [2.45, 2.75) is 6.42 Å². The van der Waals surface area contributed by atoms with Crippen molar-refractivity contribution in [2.24, 2.45) is 0 Å². The number of para-hydroxylation sites is 1. The van der Waals surface area contributed by atoms with E-state index in [1.807, 2.05) is 12.1 Å². The van der Waals surface area contributed by atoms with Crippen molar-refractivity contribution in [1.82, 2.24) is 9.21 Å². The molecule has 2 rings (SSSR count). The molecule has 0 saturated carbocycles. The summed E-state index contributed by atoms with van der Waals surface area (Å²) in [6.07, 6.45) is 1.42. The minimum absolute atomic E-state index is 0.0415. The molecule has 0 atom stereocenters. The minimum atomic E-state index is -3.18. The third kappa shape index (κ3) is 4.59. The Kier molecular flexibility index (Phi) is 5.66. The average molecular weight is 347 g/mol. The fourth-order valence-electron chi connectivity index (χ4n) is 2.24. The topological polar surface area (TPSA) is 66.9 Å². The highest BCUT2D eigenvalue weighted by atomic mass is 35.5. The monoisotopic (exact) mass is 346 g/mol. The summed E-state index contributed by atoms with van der Waals surface area (Å²) in [5, 5.41) is 0.511. The molecule has 1 aromatic carbocycles. The number of hydrogen-bond donors (Lipinski definition) is 0. The van der Waals surface area contributed by atoms with Crippen molar-refractivity contribution >= 4 is 27.5 Å². The summed E-state index contributed by atoms with van der Waals surface area (Å²) in [6.45, 7) is 1.76. The van der Waals surface area contributed by atoms with Gasteiger partial charge < -0.3 is 9.64 Å². The molecule has 1 heterocycles. The number of sulfonamides is 1. The molecule has 1 aliphatic heterocycles. The fraction of sp³-hybridized carbons (Fsp3) is 0.500. The number of ether oxygens (including phenoxy) is 1. The molecule has 1 saturated heterocycles. The van der Waals surface area contributed by atoms with Crippen molar-refractivity contribution in [3.63, 3.8) is 0 Å². The molecule has 0 aliphatic carbocycles. The zero-order valence-corrected chi connectivity index (χ0v) is 13.9. The summed E-state index contributed by atoms with van der Waals surface area (Å²) >= 11 is 5.96. The Morgan fingerprint density at radius 1 is 1.23 bits per heavy atom. The molecular formula is C14H19ClN2O4S. The maximum absolute atomic E-state index is 12.1. The molecule has 1 aromatic rings. The summed E-state index contributed by atoms with van der Waals surface area (Å²) in [5.41, 5.74) is 0. The van der Waals surface area contributed by atoms with E-state index in [1.165, 1.54) is 10.6 Å². The van der Waals surface area contributed by atoms with Crippen LogP contribution in [0.2, 0.25) is 5.02 Å². The first kappa shape index (κ1) is 17.1. The second-order valence-corrected chi connectivity index (χ2v) is 7.46. The Balaban J connectivity index is 1.76. The molecule has 1 aliphatic rings. The first-order chi connectivity index (χ1) is 10.4. The van der Waals surface area contributed by atoms with Gasteiger partial charge in [0.05, 0.1) is 24.3 Å². The van der Waals surface area contributed by atoms with Crippen LogP contribution in [0.3, 0.4) is 0 Å². The number of carbonyl (C=O) groups is 1. The van der Waals surface area contributed by atoms with Crippen LogP contribution < -0.4 is 4.74 Å². The van der Waals surface area contributed by atoms with Gasteiger partial charge in [-0.25, -0.2) is 8.42 Å². The molecule has 1 fully saturated rings. The van der Waals surface area contributed by atoms with E-state index >= 15 is 0 Å². The third-order valence-electron chi connectivity index (χ3n) is 3.47. The van der Waals surface area contributed by atoms with E-state index < -0.39 is 10.0 Å². The SMILES string of the molecule is CS(=O)(=O)N1CCN(C(=O)CCOc2ccccc2Cl)CC1. The number of piperazine rings is 1. The Bertz CT molecular complexity index is 627. The molecular weight excluding hydrogens is 328 g/mol. The normalized spacial score (nSPS) is 16.5. The highest BCUT2D eigenvalue weighted by molar-refractivity contribution is 7.88. The van der Waals surface area contributed by atoms with Gasteiger partial charge in [-0.05, 0) is 12.1 Å². The molecule has 122 valence electrons. The summed E-state index contributed by atoms with van der Waals surface area (Å²) in [7, 11) is -3.18. The second kappa shape index (κ2) is 7.30. The van der Waals surface area contributed by atoms with Gasteiger partial charge in [-0.1, -0.05) is 23.7 Å². The molecule has 0 aromatic heterocycles. The lowest BCUT2D eigenvalue weighted by atomic mass is 10.3. The highest BCUT2D eigenvalue weighted by Crippen LogP contribution is 2.23. The molecule has 0 spiro atoms. The Morgan fingerprint density at radius 3 is 2.45 bits per heavy atom. The van der Waals surface area contributed by atoms with Crippen LogP contribution in [0.4, 0.5) is 0 Å². The van der Waals surface area contributed by atoms with Crippen LogP contribution in [0.15, 0.2) is 24.3 Å². The van der Waals surface area contributed by atoms with Gasteiger partial charge in [0.25, 0.3) is 0 Å². The van der Waals surface area contributed by atoms with E-state index in [-0.39, 0.29) is 18.9 Å². The summed E-state index contributed by atoms with van der Waals surface area (Å²) < 4.78 is 29.7. The predicted octanol–water partition coefficient (Wildman–Crippen LogP) is 1.21. The molecule has 6 nitrogen and oxygen atoms in total. The van der Waals surface area contributed by atoms with Crippen molar-refractivity contribution < 1.29 is 17.9 Å². The van der Waals surface area contributed by atoms with Gasteiger partial charge in [0.15, 0.2) is 0 Å². The number of hydrogen-bond acceptors (Lipinski definition) is 4. The van der Waals surface area contributed by atoms with Crippen molar-refractivity contribution in [3.8, 4) is 5.75 Å². The van der Waals surface area contributed by atoms with E-state index in [0.29, 0.717) is 37.0 Å². The van der Waals surface area contributed by atoms with Crippen LogP contribution >= 0.6 is 11.6 Å². The van der Waals surface area contributed by atoms with Gasteiger partial charge in [-0.15, -0.1) is 0 Å². The molecule has 0 radical (unpaired) electrons. The highest BCUT2D eigenvalue weighted by Gasteiger charge is 2.25. The third-order valence-corrected chi connectivity index (χ3v) is 5.09. The van der Waals surface area contributed by atoms with Crippen LogP contribution in [0.5, 0.6) is 5.75 Å². The first-order valence-electron chi connectivity index (χ1n) is 6.98. The maximum Gasteiger partial charge on any atom is 0.226 e. The molecule has 0 N–H and O–H groups in total. The summed E-state index contributed by atoms with van der Waals surface area (Å²) in [5.74, 6) is 0.513. The van der Waals surface area contributed by atoms with Crippen LogP contribution in [0.1, 0.15) is 6.42 Å². The second-order valence-electron chi connectivity index (χ2n) is 5.07. The average Bonchev–Trinajstić information content (AvgIpc) is 2.48. The van der Waals surface area contributed by atoms with Crippen molar-refractivity contribution in [1.29, 1.82) is 0 Å². The van der Waals surface area contributed by atoms with E-state index in [4.69, 9.17) is 16.3 Å². The molecule has 1 amide bonds. The molecule has 0 bridgehead atoms. The van der Waals surface area contributed by atoms with Crippen LogP contribution in [-0.4, -0.2) is 62.6 Å². The minimum Gasteiger partial charge on any atom is -0.491 e. The zero-order valence-electron chi connectivity index (χ0n) is 12.4. The van der Waals surface area contributed by atoms with Gasteiger partial charge in [-0.3, -0.25) is 4.79 Å². The number of halogens is 1. The van der Waals surface area contributed by atoms with E-state index in [0.717, 1.165) is 0 Å². The number of carbonyl (C=O) groups excluding carboxylic acids is 1. The number of benzene rings is 1. The van der Waals surface area contributed by atoms with Crippen LogP contribution in [-0.2, 0) is 14.8 Å². The van der Waals surface area contributed by atoms with Gasteiger partial charge in [0, 0.05) is 26.2 Å². The fourth-order valence-corrected chi connectivity index (χ4v) is 3.25. The van der Waals surface area contributed by atoms with Crippen LogP contribution in [0.25, 0.3) is 0 Å². The van der Waals surface area contributed by atoms with Gasteiger partial charge in [0.1, 0.15) is 5.75 Å². The molecule has 22 heavy (non-hydrogen) atoms. The quantitative estimate of drug-likeness (QED) is 0.803. The lowest BCUT2D eigenvalue weighted by Gasteiger charge is -2.33. The molecule has 8 heteroatoms. The van der Waals surface area contributed by atoms with Gasteiger partial charge >= 0.3 is 0 Å².